The van der Waals surface area contributed by atoms with E-state index in [0.717, 1.165) is 30.4 Å². The quantitative estimate of drug-likeness (QED) is 0.351. The van der Waals surface area contributed by atoms with Gasteiger partial charge in [-0.3, -0.25) is 19.5 Å². The zero-order valence-electron chi connectivity index (χ0n) is 15.7. The molecule has 4 rings (SSSR count). The molecular formula is C20H16N6O3S. The van der Waals surface area contributed by atoms with Gasteiger partial charge < -0.3 is 5.32 Å². The lowest BCUT2D eigenvalue weighted by Gasteiger charge is -2.10. The zero-order chi connectivity index (χ0) is 21.1. The van der Waals surface area contributed by atoms with Gasteiger partial charge in [-0.25, -0.2) is 0 Å². The maximum atomic E-state index is 12.4. The third-order valence-electron chi connectivity index (χ3n) is 4.56. The summed E-state index contributed by atoms with van der Waals surface area (Å²) < 4.78 is 1.97. The number of nitriles is 1. The van der Waals surface area contributed by atoms with Crippen molar-refractivity contribution in [2.24, 2.45) is 0 Å². The molecule has 2 aromatic carbocycles. The predicted octanol–water partition coefficient (Wildman–Crippen LogP) is 3.66. The van der Waals surface area contributed by atoms with Crippen molar-refractivity contribution in [2.75, 3.05) is 11.1 Å². The fraction of sp³-hybridized carbons (Fsp3) is 0.200. The highest BCUT2D eigenvalue weighted by Crippen LogP contribution is 2.41. The number of aromatic nitrogens is 3. The van der Waals surface area contributed by atoms with E-state index in [-0.39, 0.29) is 28.6 Å². The van der Waals surface area contributed by atoms with Crippen LogP contribution in [0, 0.1) is 21.4 Å². The lowest BCUT2D eigenvalue weighted by molar-refractivity contribution is -0.384. The van der Waals surface area contributed by atoms with Crippen LogP contribution in [0.1, 0.15) is 30.1 Å². The van der Waals surface area contributed by atoms with Crippen molar-refractivity contribution >= 4 is 29.0 Å². The summed E-state index contributed by atoms with van der Waals surface area (Å²) in [6, 6.07) is 15.4. The number of nitro benzene ring substituents is 1. The smallest absolute Gasteiger partial charge is 0.270 e. The summed E-state index contributed by atoms with van der Waals surface area (Å²) in [5, 5.41) is 31.9. The zero-order valence-corrected chi connectivity index (χ0v) is 16.5. The van der Waals surface area contributed by atoms with Crippen molar-refractivity contribution in [1.29, 1.82) is 5.26 Å². The van der Waals surface area contributed by atoms with Crippen molar-refractivity contribution in [3.63, 3.8) is 0 Å². The predicted molar refractivity (Wildman–Crippen MR) is 110 cm³/mol. The first-order valence-corrected chi connectivity index (χ1v) is 10.2. The molecule has 0 saturated heterocycles. The Morgan fingerprint density at radius 1 is 1.27 bits per heavy atom. The van der Waals surface area contributed by atoms with E-state index in [2.05, 4.69) is 15.5 Å². The molecular weight excluding hydrogens is 404 g/mol. The maximum absolute atomic E-state index is 12.4. The van der Waals surface area contributed by atoms with Gasteiger partial charge in [-0.15, -0.1) is 10.2 Å². The molecule has 1 amide bonds. The molecule has 9 nitrogen and oxygen atoms in total. The monoisotopic (exact) mass is 420 g/mol. The molecule has 0 unspecified atom stereocenters. The van der Waals surface area contributed by atoms with Crippen molar-refractivity contribution in [3.05, 3.63) is 70.0 Å². The molecule has 1 saturated carbocycles. The Bertz CT molecular complexity index is 1150. The molecule has 150 valence electrons. The lowest BCUT2D eigenvalue weighted by atomic mass is 10.1. The molecule has 1 aliphatic carbocycles. The highest BCUT2D eigenvalue weighted by Gasteiger charge is 2.31. The summed E-state index contributed by atoms with van der Waals surface area (Å²) >= 11 is 1.24. The van der Waals surface area contributed by atoms with Gasteiger partial charge in [0.1, 0.15) is 11.9 Å². The molecule has 30 heavy (non-hydrogen) atoms. The second-order valence-electron chi connectivity index (χ2n) is 6.72. The molecule has 1 N–H and O–H groups in total. The van der Waals surface area contributed by atoms with Gasteiger partial charge in [0.25, 0.3) is 5.69 Å². The van der Waals surface area contributed by atoms with Gasteiger partial charge in [0.2, 0.25) is 5.91 Å². The molecule has 0 bridgehead atoms. The standard InChI is InChI=1S/C20H16N6O3S/c21-11-14-10-16(26(28)29)8-9-17(14)22-18(27)12-30-20-24-23-19(13-6-7-13)25(20)15-4-2-1-3-5-15/h1-5,8-10,13H,6-7,12H2,(H,22,27). The molecule has 0 aliphatic heterocycles. The number of nitrogens with zero attached hydrogens (tertiary/aromatic N) is 5. The summed E-state index contributed by atoms with van der Waals surface area (Å²) in [5.41, 5.74) is 1.000. The Morgan fingerprint density at radius 3 is 2.70 bits per heavy atom. The molecule has 10 heteroatoms. The Kier molecular flexibility index (Phi) is 5.45. The van der Waals surface area contributed by atoms with Crippen LogP contribution in [0.2, 0.25) is 0 Å². The second-order valence-corrected chi connectivity index (χ2v) is 7.66. The molecule has 0 atom stereocenters. The number of benzene rings is 2. The number of carbonyl (C=O) groups is 1. The Hall–Kier alpha value is -3.71. The summed E-state index contributed by atoms with van der Waals surface area (Å²) in [6.45, 7) is 0. The van der Waals surface area contributed by atoms with Crippen molar-refractivity contribution in [1.82, 2.24) is 14.8 Å². The van der Waals surface area contributed by atoms with Crippen LogP contribution in [0.15, 0.2) is 53.7 Å². The minimum atomic E-state index is -0.587. The summed E-state index contributed by atoms with van der Waals surface area (Å²) in [5.74, 6) is 0.990. The summed E-state index contributed by atoms with van der Waals surface area (Å²) in [4.78, 5) is 22.7. The van der Waals surface area contributed by atoms with Crippen LogP contribution in [-0.2, 0) is 4.79 Å². The number of amides is 1. The van der Waals surface area contributed by atoms with E-state index in [1.54, 1.807) is 0 Å². The van der Waals surface area contributed by atoms with E-state index in [0.29, 0.717) is 11.1 Å². The van der Waals surface area contributed by atoms with Gasteiger partial charge in [-0.05, 0) is 31.0 Å². The molecule has 3 aromatic rings. The van der Waals surface area contributed by atoms with Crippen molar-refractivity contribution < 1.29 is 9.72 Å². The minimum absolute atomic E-state index is 0.0334. The van der Waals surface area contributed by atoms with Gasteiger partial charge in [0.15, 0.2) is 5.16 Å². The van der Waals surface area contributed by atoms with Crippen LogP contribution in [0.3, 0.4) is 0 Å². The van der Waals surface area contributed by atoms with E-state index >= 15 is 0 Å². The van der Waals surface area contributed by atoms with E-state index in [4.69, 9.17) is 0 Å². The number of para-hydroxylation sites is 1. The van der Waals surface area contributed by atoms with Crippen LogP contribution < -0.4 is 5.32 Å². The topological polar surface area (TPSA) is 127 Å². The molecule has 1 fully saturated rings. The summed E-state index contributed by atoms with van der Waals surface area (Å²) in [6.07, 6.45) is 2.15. The normalized spacial score (nSPS) is 12.9. The van der Waals surface area contributed by atoms with Crippen molar-refractivity contribution in [2.45, 2.75) is 23.9 Å². The average Bonchev–Trinajstić information content (AvgIpc) is 3.52. The fourth-order valence-corrected chi connectivity index (χ4v) is 3.72. The van der Waals surface area contributed by atoms with E-state index in [1.165, 1.54) is 23.9 Å². The molecule has 1 heterocycles. The van der Waals surface area contributed by atoms with Crippen LogP contribution >= 0.6 is 11.8 Å². The largest absolute Gasteiger partial charge is 0.324 e. The first-order chi connectivity index (χ1) is 14.6. The number of nitrogens with one attached hydrogen (secondary N) is 1. The van der Waals surface area contributed by atoms with Gasteiger partial charge in [-0.2, -0.15) is 5.26 Å². The average molecular weight is 420 g/mol. The van der Waals surface area contributed by atoms with Crippen LogP contribution in [-0.4, -0.2) is 31.3 Å². The number of hydrogen-bond donors (Lipinski definition) is 1. The fourth-order valence-electron chi connectivity index (χ4n) is 2.96. The maximum Gasteiger partial charge on any atom is 0.270 e. The number of rotatable bonds is 7. The van der Waals surface area contributed by atoms with E-state index in [9.17, 15) is 20.2 Å². The van der Waals surface area contributed by atoms with Crippen molar-refractivity contribution in [3.8, 4) is 11.8 Å². The van der Waals surface area contributed by atoms with Gasteiger partial charge in [0, 0.05) is 23.7 Å². The third-order valence-corrected chi connectivity index (χ3v) is 5.49. The number of carbonyl (C=O) groups excluding carboxylic acids is 1. The Balaban J connectivity index is 1.49. The Labute approximate surface area is 175 Å². The molecule has 0 spiro atoms. The van der Waals surface area contributed by atoms with Gasteiger partial charge in [-0.1, -0.05) is 30.0 Å². The summed E-state index contributed by atoms with van der Waals surface area (Å²) in [7, 11) is 0. The van der Waals surface area contributed by atoms with Gasteiger partial charge in [0.05, 0.1) is 21.9 Å². The SMILES string of the molecule is N#Cc1cc([N+](=O)[O-])ccc1NC(=O)CSc1nnc(C2CC2)n1-c1ccccc1. The third kappa shape index (κ3) is 4.16. The van der Waals surface area contributed by atoms with Gasteiger partial charge >= 0.3 is 0 Å². The lowest BCUT2D eigenvalue weighted by Crippen LogP contribution is -2.15. The number of nitro groups is 1. The van der Waals surface area contributed by atoms with Crippen LogP contribution in [0.4, 0.5) is 11.4 Å². The highest BCUT2D eigenvalue weighted by atomic mass is 32.2. The molecule has 1 aliphatic rings. The van der Waals surface area contributed by atoms with E-state index < -0.39 is 4.92 Å². The first-order valence-electron chi connectivity index (χ1n) is 9.18. The molecule has 1 aromatic heterocycles. The van der Waals surface area contributed by atoms with Crippen LogP contribution in [0.25, 0.3) is 5.69 Å². The molecule has 0 radical (unpaired) electrons. The highest BCUT2D eigenvalue weighted by molar-refractivity contribution is 7.99. The number of anilines is 1. The number of hydrogen-bond acceptors (Lipinski definition) is 7. The second kappa shape index (κ2) is 8.34. The Morgan fingerprint density at radius 2 is 2.03 bits per heavy atom. The van der Waals surface area contributed by atoms with Crippen LogP contribution in [0.5, 0.6) is 0 Å². The minimum Gasteiger partial charge on any atom is -0.324 e. The first kappa shape index (κ1) is 19.6. The number of non-ortho nitro benzene ring substituents is 1. The number of thioether (sulfide) groups is 1. The van der Waals surface area contributed by atoms with E-state index in [1.807, 2.05) is 41.0 Å².